The molecule has 4 heteroatoms. The molecule has 0 aliphatic heterocycles. The number of esters is 1. The Hall–Kier alpha value is -0.610. The summed E-state index contributed by atoms with van der Waals surface area (Å²) in [5.41, 5.74) is 0.815. The average Bonchev–Trinajstić information content (AvgIpc) is 2.19. The number of rotatable bonds is 3. The molecule has 14 heavy (non-hydrogen) atoms. The molecule has 0 aliphatic carbocycles. The first-order valence-corrected chi connectivity index (χ1v) is 5.23. The predicted molar refractivity (Wildman–Crippen MR) is 62.7 cm³/mol. The van der Waals surface area contributed by atoms with Gasteiger partial charge in [0.1, 0.15) is 10.7 Å². The molecule has 0 saturated heterocycles. The van der Waals surface area contributed by atoms with Crippen molar-refractivity contribution in [3.63, 3.8) is 0 Å². The molecule has 0 heterocycles. The molecule has 0 bridgehead atoms. The van der Waals surface area contributed by atoms with E-state index in [1.165, 1.54) is 0 Å². The Morgan fingerprint density at radius 2 is 2.00 bits per heavy atom. The molecule has 1 aromatic rings. The molecule has 0 radical (unpaired) electrons. The SMILES string of the molecule is CC(S)(C(=O)OCS)c1ccccc1. The highest BCUT2D eigenvalue weighted by molar-refractivity contribution is 7.82. The molecule has 0 amide bonds. The summed E-state index contributed by atoms with van der Waals surface area (Å²) >= 11 is 8.12. The van der Waals surface area contributed by atoms with Gasteiger partial charge in [0, 0.05) is 0 Å². The van der Waals surface area contributed by atoms with Gasteiger partial charge in [-0.1, -0.05) is 30.3 Å². The third-order valence-corrected chi connectivity index (χ3v) is 2.50. The minimum Gasteiger partial charge on any atom is -0.454 e. The molecule has 0 saturated carbocycles. The average molecular weight is 228 g/mol. The summed E-state index contributed by atoms with van der Waals surface area (Å²) in [5, 5.41) is 0. The Labute approximate surface area is 94.5 Å². The van der Waals surface area contributed by atoms with Crippen LogP contribution in [0.2, 0.25) is 0 Å². The van der Waals surface area contributed by atoms with Crippen LogP contribution in [-0.4, -0.2) is 11.9 Å². The second-order valence-electron chi connectivity index (χ2n) is 3.00. The quantitative estimate of drug-likeness (QED) is 0.471. The maximum absolute atomic E-state index is 11.5. The molecular formula is C10H12O2S2. The highest BCUT2D eigenvalue weighted by Crippen LogP contribution is 2.29. The minimum absolute atomic E-state index is 0.0712. The molecule has 1 atom stereocenters. The van der Waals surface area contributed by atoms with Gasteiger partial charge < -0.3 is 4.74 Å². The second-order valence-corrected chi connectivity index (χ2v) is 4.15. The van der Waals surface area contributed by atoms with E-state index >= 15 is 0 Å². The van der Waals surface area contributed by atoms with Gasteiger partial charge in [-0.05, 0) is 12.5 Å². The topological polar surface area (TPSA) is 26.3 Å². The van der Waals surface area contributed by atoms with E-state index in [0.717, 1.165) is 5.56 Å². The van der Waals surface area contributed by atoms with E-state index in [9.17, 15) is 4.79 Å². The number of carbonyl (C=O) groups is 1. The molecule has 0 N–H and O–H groups in total. The standard InChI is InChI=1S/C10H12O2S2/c1-10(14,9(11)12-7-13)8-5-3-2-4-6-8/h2-6,13-14H,7H2,1H3. The number of benzene rings is 1. The number of carbonyl (C=O) groups excluding carboxylic acids is 1. The van der Waals surface area contributed by atoms with E-state index in [2.05, 4.69) is 25.3 Å². The first-order chi connectivity index (χ1) is 6.59. The van der Waals surface area contributed by atoms with Crippen LogP contribution in [0.1, 0.15) is 12.5 Å². The fourth-order valence-electron chi connectivity index (χ4n) is 1.08. The summed E-state index contributed by atoms with van der Waals surface area (Å²) in [6.45, 7) is 1.71. The van der Waals surface area contributed by atoms with E-state index in [1.807, 2.05) is 30.3 Å². The van der Waals surface area contributed by atoms with Crippen LogP contribution in [0, 0.1) is 0 Å². The summed E-state index contributed by atoms with van der Waals surface area (Å²) in [6.07, 6.45) is 0. The maximum atomic E-state index is 11.5. The lowest BCUT2D eigenvalue weighted by atomic mass is 10.0. The Bertz CT molecular complexity index is 309. The molecular weight excluding hydrogens is 216 g/mol. The van der Waals surface area contributed by atoms with Crippen molar-refractivity contribution in [2.45, 2.75) is 11.7 Å². The van der Waals surface area contributed by atoms with Gasteiger partial charge in [0.2, 0.25) is 0 Å². The van der Waals surface area contributed by atoms with Crippen molar-refractivity contribution in [3.05, 3.63) is 35.9 Å². The normalized spacial score (nSPS) is 14.5. The lowest BCUT2D eigenvalue weighted by Crippen LogP contribution is -2.28. The van der Waals surface area contributed by atoms with Crippen LogP contribution in [0.4, 0.5) is 0 Å². The highest BCUT2D eigenvalue weighted by atomic mass is 32.1. The molecule has 1 aromatic carbocycles. The van der Waals surface area contributed by atoms with Crippen LogP contribution >= 0.6 is 25.3 Å². The van der Waals surface area contributed by atoms with Crippen molar-refractivity contribution in [1.82, 2.24) is 0 Å². The molecule has 1 rings (SSSR count). The van der Waals surface area contributed by atoms with Gasteiger partial charge in [-0.15, -0.1) is 12.6 Å². The van der Waals surface area contributed by atoms with Gasteiger partial charge in [0.15, 0.2) is 0 Å². The lowest BCUT2D eigenvalue weighted by molar-refractivity contribution is -0.144. The molecule has 76 valence electrons. The molecule has 0 aliphatic rings. The zero-order valence-corrected chi connectivity index (χ0v) is 9.59. The van der Waals surface area contributed by atoms with Crippen molar-refractivity contribution in [3.8, 4) is 0 Å². The van der Waals surface area contributed by atoms with Crippen molar-refractivity contribution in [1.29, 1.82) is 0 Å². The summed E-state index contributed by atoms with van der Waals surface area (Å²) in [6, 6.07) is 9.28. The van der Waals surface area contributed by atoms with Gasteiger partial charge in [-0.3, -0.25) is 4.79 Å². The molecule has 0 spiro atoms. The molecule has 0 aromatic heterocycles. The van der Waals surface area contributed by atoms with Crippen molar-refractivity contribution in [2.75, 3.05) is 5.94 Å². The number of ether oxygens (including phenoxy) is 1. The van der Waals surface area contributed by atoms with Gasteiger partial charge >= 0.3 is 5.97 Å². The largest absolute Gasteiger partial charge is 0.454 e. The van der Waals surface area contributed by atoms with Crippen LogP contribution < -0.4 is 0 Å². The zero-order valence-electron chi connectivity index (χ0n) is 7.80. The summed E-state index contributed by atoms with van der Waals surface area (Å²) in [7, 11) is 0. The van der Waals surface area contributed by atoms with Crippen molar-refractivity contribution < 1.29 is 9.53 Å². The minimum atomic E-state index is -0.913. The van der Waals surface area contributed by atoms with Gasteiger partial charge in [0.05, 0.1) is 0 Å². The molecule has 1 unspecified atom stereocenters. The highest BCUT2D eigenvalue weighted by Gasteiger charge is 2.32. The van der Waals surface area contributed by atoms with E-state index in [0.29, 0.717) is 0 Å². The van der Waals surface area contributed by atoms with Crippen molar-refractivity contribution in [2.24, 2.45) is 0 Å². The molecule has 0 fully saturated rings. The first kappa shape index (κ1) is 11.5. The summed E-state index contributed by atoms with van der Waals surface area (Å²) in [4.78, 5) is 11.5. The third kappa shape index (κ3) is 2.45. The number of hydrogen-bond acceptors (Lipinski definition) is 4. The Morgan fingerprint density at radius 1 is 1.43 bits per heavy atom. The maximum Gasteiger partial charge on any atom is 0.327 e. The zero-order chi connectivity index (χ0) is 10.6. The third-order valence-electron chi connectivity index (χ3n) is 1.93. The van der Waals surface area contributed by atoms with Crippen LogP contribution in [-0.2, 0) is 14.3 Å². The van der Waals surface area contributed by atoms with Crippen LogP contribution in [0.15, 0.2) is 30.3 Å². The van der Waals surface area contributed by atoms with E-state index in [1.54, 1.807) is 6.92 Å². The fourth-order valence-corrected chi connectivity index (χ4v) is 1.41. The monoisotopic (exact) mass is 228 g/mol. The fraction of sp³-hybridized carbons (Fsp3) is 0.300. The number of thiol groups is 2. The first-order valence-electron chi connectivity index (χ1n) is 4.15. The van der Waals surface area contributed by atoms with Gasteiger partial charge in [-0.25, -0.2) is 0 Å². The predicted octanol–water partition coefficient (Wildman–Crippen LogP) is 2.26. The van der Waals surface area contributed by atoms with E-state index < -0.39 is 4.75 Å². The van der Waals surface area contributed by atoms with Crippen LogP contribution in [0.5, 0.6) is 0 Å². The Balaban J connectivity index is 2.90. The van der Waals surface area contributed by atoms with Gasteiger partial charge in [-0.2, -0.15) is 12.6 Å². The summed E-state index contributed by atoms with van der Waals surface area (Å²) < 4.78 is 3.90. The van der Waals surface area contributed by atoms with Crippen LogP contribution in [0.3, 0.4) is 0 Å². The van der Waals surface area contributed by atoms with E-state index in [-0.39, 0.29) is 11.9 Å². The Morgan fingerprint density at radius 3 is 2.50 bits per heavy atom. The smallest absolute Gasteiger partial charge is 0.327 e. The van der Waals surface area contributed by atoms with Crippen molar-refractivity contribution >= 4 is 31.2 Å². The molecule has 2 nitrogen and oxygen atoms in total. The summed E-state index contributed by atoms with van der Waals surface area (Å²) in [5.74, 6) is -0.316. The lowest BCUT2D eigenvalue weighted by Gasteiger charge is -2.21. The van der Waals surface area contributed by atoms with E-state index in [4.69, 9.17) is 4.74 Å². The van der Waals surface area contributed by atoms with Gasteiger partial charge in [0.25, 0.3) is 0 Å². The number of hydrogen-bond donors (Lipinski definition) is 2. The second kappa shape index (κ2) is 4.75. The van der Waals surface area contributed by atoms with Crippen LogP contribution in [0.25, 0.3) is 0 Å². The Kier molecular flexibility index (Phi) is 3.89.